The Labute approximate surface area is 157 Å². The number of para-hydroxylation sites is 1. The Bertz CT molecular complexity index is 702. The molecule has 1 saturated heterocycles. The lowest BCUT2D eigenvalue weighted by molar-refractivity contribution is 0.140. The van der Waals surface area contributed by atoms with E-state index in [4.69, 9.17) is 4.74 Å². The molecular formula is C23H30N2O. The number of methoxy groups -OCH3 is 1. The maximum absolute atomic E-state index is 5.53. The maximum Gasteiger partial charge on any atom is 0.123 e. The summed E-state index contributed by atoms with van der Waals surface area (Å²) < 4.78 is 5.53. The van der Waals surface area contributed by atoms with Crippen molar-refractivity contribution in [2.45, 2.75) is 56.8 Å². The number of ether oxygens (including phenoxy) is 1. The molecule has 0 aromatic heterocycles. The van der Waals surface area contributed by atoms with E-state index in [0.717, 1.165) is 18.2 Å². The fraction of sp³-hybridized carbons (Fsp3) is 0.478. The van der Waals surface area contributed by atoms with E-state index in [-0.39, 0.29) is 0 Å². The van der Waals surface area contributed by atoms with Gasteiger partial charge in [-0.15, -0.1) is 0 Å². The first kappa shape index (κ1) is 17.6. The van der Waals surface area contributed by atoms with E-state index in [1.807, 2.05) is 12.1 Å². The van der Waals surface area contributed by atoms with Crippen molar-refractivity contribution in [3.63, 3.8) is 0 Å². The zero-order chi connectivity index (χ0) is 17.8. The largest absolute Gasteiger partial charge is 0.496 e. The number of benzene rings is 2. The van der Waals surface area contributed by atoms with Gasteiger partial charge >= 0.3 is 0 Å². The van der Waals surface area contributed by atoms with Crippen LogP contribution in [0.4, 0.5) is 0 Å². The highest BCUT2D eigenvalue weighted by atomic mass is 16.5. The van der Waals surface area contributed by atoms with Crippen LogP contribution >= 0.6 is 0 Å². The van der Waals surface area contributed by atoms with Crippen LogP contribution in [-0.4, -0.2) is 19.2 Å². The van der Waals surface area contributed by atoms with Gasteiger partial charge in [0.25, 0.3) is 0 Å². The summed E-state index contributed by atoms with van der Waals surface area (Å²) in [7, 11) is 1.75. The number of rotatable bonds is 5. The Balaban J connectivity index is 1.52. The lowest BCUT2D eigenvalue weighted by Crippen LogP contribution is -2.55. The molecule has 1 saturated carbocycles. The SMILES string of the molecule is COc1ccccc1CNC1CC2CCCCC2NC1c1ccccc1. The summed E-state index contributed by atoms with van der Waals surface area (Å²) in [6, 6.07) is 20.8. The van der Waals surface area contributed by atoms with Gasteiger partial charge < -0.3 is 15.4 Å². The standard InChI is InChI=1S/C23H30N2O/c1-26-22-14-8-6-12-19(22)16-24-21-15-18-11-5-7-13-20(18)25-23(21)17-9-3-2-4-10-17/h2-4,6,8-10,12,14,18,20-21,23-25H,5,7,11,13,15-16H2,1H3. The maximum atomic E-state index is 5.53. The van der Waals surface area contributed by atoms with Crippen LogP contribution in [-0.2, 0) is 6.54 Å². The minimum atomic E-state index is 0.380. The first-order valence-corrected chi connectivity index (χ1v) is 10.0. The highest BCUT2D eigenvalue weighted by molar-refractivity contribution is 5.33. The van der Waals surface area contributed by atoms with Gasteiger partial charge in [-0.2, -0.15) is 0 Å². The fourth-order valence-electron chi connectivity index (χ4n) is 4.80. The van der Waals surface area contributed by atoms with Crippen LogP contribution in [0.1, 0.15) is 49.3 Å². The molecule has 2 aromatic rings. The number of fused-ring (bicyclic) bond motifs is 1. The topological polar surface area (TPSA) is 33.3 Å². The molecule has 3 heteroatoms. The van der Waals surface area contributed by atoms with Gasteiger partial charge in [0.05, 0.1) is 7.11 Å². The number of piperidine rings is 1. The third-order valence-electron chi connectivity index (χ3n) is 6.17. The van der Waals surface area contributed by atoms with Crippen LogP contribution < -0.4 is 15.4 Å². The molecule has 26 heavy (non-hydrogen) atoms. The van der Waals surface area contributed by atoms with Crippen molar-refractivity contribution in [1.82, 2.24) is 10.6 Å². The predicted molar refractivity (Wildman–Crippen MR) is 106 cm³/mol. The molecule has 2 aromatic carbocycles. The third-order valence-corrected chi connectivity index (χ3v) is 6.17. The van der Waals surface area contributed by atoms with Crippen molar-refractivity contribution in [1.29, 1.82) is 0 Å². The second kappa shape index (κ2) is 8.24. The molecule has 1 aliphatic heterocycles. The van der Waals surface area contributed by atoms with Gasteiger partial charge in [0, 0.05) is 30.2 Å². The normalized spacial score (nSPS) is 28.3. The molecule has 4 rings (SSSR count). The van der Waals surface area contributed by atoms with Gasteiger partial charge in [0.15, 0.2) is 0 Å². The molecule has 138 valence electrons. The molecule has 0 spiro atoms. The lowest BCUT2D eigenvalue weighted by atomic mass is 9.74. The van der Waals surface area contributed by atoms with Crippen LogP contribution in [0.15, 0.2) is 54.6 Å². The van der Waals surface area contributed by atoms with Crippen molar-refractivity contribution in [3.8, 4) is 5.75 Å². The summed E-state index contributed by atoms with van der Waals surface area (Å²) in [6.45, 7) is 0.844. The molecule has 1 heterocycles. The molecule has 0 amide bonds. The molecule has 2 aliphatic rings. The van der Waals surface area contributed by atoms with Crippen molar-refractivity contribution in [3.05, 3.63) is 65.7 Å². The molecule has 4 unspecified atom stereocenters. The highest BCUT2D eigenvalue weighted by Gasteiger charge is 2.38. The first-order valence-electron chi connectivity index (χ1n) is 10.0. The summed E-state index contributed by atoms with van der Waals surface area (Å²) in [4.78, 5) is 0. The molecule has 0 bridgehead atoms. The minimum absolute atomic E-state index is 0.380. The van der Waals surface area contributed by atoms with E-state index in [2.05, 4.69) is 53.1 Å². The number of nitrogens with one attached hydrogen (secondary N) is 2. The molecule has 2 N–H and O–H groups in total. The van der Waals surface area contributed by atoms with Crippen molar-refractivity contribution >= 4 is 0 Å². The van der Waals surface area contributed by atoms with E-state index in [1.165, 1.54) is 43.2 Å². The zero-order valence-corrected chi connectivity index (χ0v) is 15.7. The van der Waals surface area contributed by atoms with Crippen LogP contribution in [0, 0.1) is 5.92 Å². The summed E-state index contributed by atoms with van der Waals surface area (Å²) >= 11 is 0. The highest BCUT2D eigenvalue weighted by Crippen LogP contribution is 2.37. The lowest BCUT2D eigenvalue weighted by Gasteiger charge is -2.45. The number of hydrogen-bond acceptors (Lipinski definition) is 3. The number of hydrogen-bond donors (Lipinski definition) is 2. The quantitative estimate of drug-likeness (QED) is 0.836. The molecule has 1 aliphatic carbocycles. The van der Waals surface area contributed by atoms with Crippen molar-refractivity contribution in [2.24, 2.45) is 5.92 Å². The summed E-state index contributed by atoms with van der Waals surface area (Å²) in [5.74, 6) is 1.77. The van der Waals surface area contributed by atoms with Gasteiger partial charge in [0.2, 0.25) is 0 Å². The average Bonchev–Trinajstić information content (AvgIpc) is 2.72. The van der Waals surface area contributed by atoms with Gasteiger partial charge in [-0.05, 0) is 36.8 Å². The Hall–Kier alpha value is -1.84. The van der Waals surface area contributed by atoms with Crippen molar-refractivity contribution < 1.29 is 4.74 Å². The van der Waals surface area contributed by atoms with Gasteiger partial charge in [-0.3, -0.25) is 0 Å². The minimum Gasteiger partial charge on any atom is -0.496 e. The molecule has 4 atom stereocenters. The van der Waals surface area contributed by atoms with E-state index in [1.54, 1.807) is 7.11 Å². The monoisotopic (exact) mass is 350 g/mol. The van der Waals surface area contributed by atoms with E-state index >= 15 is 0 Å². The molecule has 2 fully saturated rings. The Morgan fingerprint density at radius 1 is 1.00 bits per heavy atom. The van der Waals surface area contributed by atoms with Crippen molar-refractivity contribution in [2.75, 3.05) is 7.11 Å². The van der Waals surface area contributed by atoms with E-state index in [0.29, 0.717) is 18.1 Å². The second-order valence-corrected chi connectivity index (χ2v) is 7.74. The van der Waals surface area contributed by atoms with Gasteiger partial charge in [0.1, 0.15) is 5.75 Å². The summed E-state index contributed by atoms with van der Waals surface area (Å²) in [5.41, 5.74) is 2.63. The smallest absolute Gasteiger partial charge is 0.123 e. The Morgan fingerprint density at radius 3 is 2.62 bits per heavy atom. The third kappa shape index (κ3) is 3.79. The van der Waals surface area contributed by atoms with Gasteiger partial charge in [-0.1, -0.05) is 61.4 Å². The van der Waals surface area contributed by atoms with Crippen LogP contribution in [0.2, 0.25) is 0 Å². The summed E-state index contributed by atoms with van der Waals surface area (Å²) in [5, 5.41) is 7.84. The fourth-order valence-corrected chi connectivity index (χ4v) is 4.80. The van der Waals surface area contributed by atoms with Crippen LogP contribution in [0.5, 0.6) is 5.75 Å². The first-order chi connectivity index (χ1) is 12.8. The average molecular weight is 351 g/mol. The Morgan fingerprint density at radius 2 is 1.77 bits per heavy atom. The van der Waals surface area contributed by atoms with Crippen LogP contribution in [0.3, 0.4) is 0 Å². The van der Waals surface area contributed by atoms with Gasteiger partial charge in [-0.25, -0.2) is 0 Å². The van der Waals surface area contributed by atoms with E-state index in [9.17, 15) is 0 Å². The zero-order valence-electron chi connectivity index (χ0n) is 15.7. The Kier molecular flexibility index (Phi) is 5.57. The molecule has 0 radical (unpaired) electrons. The van der Waals surface area contributed by atoms with E-state index < -0.39 is 0 Å². The van der Waals surface area contributed by atoms with Crippen LogP contribution in [0.25, 0.3) is 0 Å². The summed E-state index contributed by atoms with van der Waals surface area (Å²) in [6.07, 6.45) is 6.71. The second-order valence-electron chi connectivity index (χ2n) is 7.74. The molecule has 3 nitrogen and oxygen atoms in total. The predicted octanol–water partition coefficient (Wildman–Crippen LogP) is 4.45. The molecular weight excluding hydrogens is 320 g/mol.